The first-order valence-corrected chi connectivity index (χ1v) is 7.29. The summed E-state index contributed by atoms with van der Waals surface area (Å²) in [6.07, 6.45) is 7.60. The van der Waals surface area contributed by atoms with Crippen molar-refractivity contribution in [2.24, 2.45) is 0 Å². The van der Waals surface area contributed by atoms with E-state index in [2.05, 4.69) is 19.1 Å². The number of unbranched alkanes of at least 4 members (excludes halogenated alkanes) is 4. The lowest BCUT2D eigenvalue weighted by Crippen LogP contribution is -1.95. The summed E-state index contributed by atoms with van der Waals surface area (Å²) < 4.78 is 0. The first-order valence-electron chi connectivity index (χ1n) is 7.29. The molecule has 2 rings (SSSR count). The number of hydrogen-bond acceptors (Lipinski definition) is 2. The molecule has 0 unspecified atom stereocenters. The molecule has 0 atom stereocenters. The zero-order valence-electron chi connectivity index (χ0n) is 11.8. The maximum Gasteiger partial charge on any atom is 0.0397 e. The molecular weight excluding hydrogens is 232 g/mol. The van der Waals surface area contributed by atoms with Crippen molar-refractivity contribution < 1.29 is 0 Å². The molecule has 4 N–H and O–H groups in total. The van der Waals surface area contributed by atoms with Crippen molar-refractivity contribution in [3.63, 3.8) is 0 Å². The van der Waals surface area contributed by atoms with Crippen molar-refractivity contribution in [2.45, 2.75) is 45.4 Å². The summed E-state index contributed by atoms with van der Waals surface area (Å²) in [6.45, 7) is 2.24. The summed E-state index contributed by atoms with van der Waals surface area (Å²) in [4.78, 5) is 0. The van der Waals surface area contributed by atoms with Gasteiger partial charge in [-0.1, -0.05) is 44.7 Å². The first-order chi connectivity index (χ1) is 9.22. The molecule has 0 aliphatic heterocycles. The summed E-state index contributed by atoms with van der Waals surface area (Å²) >= 11 is 0. The van der Waals surface area contributed by atoms with E-state index in [1.165, 1.54) is 37.7 Å². The summed E-state index contributed by atoms with van der Waals surface area (Å²) in [5, 5.41) is 2.15. The summed E-state index contributed by atoms with van der Waals surface area (Å²) in [6, 6.07) is 10.2. The Balaban J connectivity index is 2.10. The Morgan fingerprint density at radius 1 is 0.842 bits per heavy atom. The molecule has 0 bridgehead atoms. The molecule has 0 spiro atoms. The number of aryl methyl sites for hydroxylation is 1. The molecule has 2 aromatic rings. The Morgan fingerprint density at radius 2 is 1.63 bits per heavy atom. The highest BCUT2D eigenvalue weighted by Crippen LogP contribution is 2.28. The van der Waals surface area contributed by atoms with Gasteiger partial charge in [-0.05, 0) is 36.6 Å². The molecule has 0 aromatic heterocycles. The van der Waals surface area contributed by atoms with Crippen molar-refractivity contribution in [1.29, 1.82) is 0 Å². The molecule has 2 heteroatoms. The van der Waals surface area contributed by atoms with Crippen LogP contribution in [0.4, 0.5) is 11.4 Å². The van der Waals surface area contributed by atoms with Crippen LogP contribution >= 0.6 is 0 Å². The molecule has 2 nitrogen and oxygen atoms in total. The Labute approximate surface area is 115 Å². The number of nitrogen functional groups attached to an aromatic ring is 2. The normalized spacial score (nSPS) is 11.0. The molecule has 0 aliphatic rings. The second-order valence-electron chi connectivity index (χ2n) is 5.29. The molecule has 2 aromatic carbocycles. The van der Waals surface area contributed by atoms with Gasteiger partial charge in [-0.15, -0.1) is 0 Å². The molecule has 0 radical (unpaired) electrons. The standard InChI is InChI=1S/C17H24N2/c1-2-3-4-5-6-8-13-11-15-14(17(19)12-13)9-7-10-16(15)18/h7,9-12H,2-6,8,18-19H2,1H3. The highest BCUT2D eigenvalue weighted by molar-refractivity contribution is 6.00. The van der Waals surface area contributed by atoms with Crippen molar-refractivity contribution >= 4 is 22.1 Å². The average Bonchev–Trinajstić information content (AvgIpc) is 2.40. The van der Waals surface area contributed by atoms with E-state index >= 15 is 0 Å². The zero-order chi connectivity index (χ0) is 13.7. The lowest BCUT2D eigenvalue weighted by molar-refractivity contribution is 0.632. The van der Waals surface area contributed by atoms with Gasteiger partial charge in [-0.25, -0.2) is 0 Å². The van der Waals surface area contributed by atoms with Crippen LogP contribution in [0.1, 0.15) is 44.6 Å². The fourth-order valence-electron chi connectivity index (χ4n) is 2.58. The fraction of sp³-hybridized carbons (Fsp3) is 0.412. The largest absolute Gasteiger partial charge is 0.398 e. The first kappa shape index (κ1) is 13.7. The van der Waals surface area contributed by atoms with E-state index < -0.39 is 0 Å². The van der Waals surface area contributed by atoms with Crippen LogP contribution in [0.5, 0.6) is 0 Å². The van der Waals surface area contributed by atoms with E-state index in [4.69, 9.17) is 11.5 Å². The van der Waals surface area contributed by atoms with Crippen molar-refractivity contribution in [2.75, 3.05) is 11.5 Å². The fourth-order valence-corrected chi connectivity index (χ4v) is 2.58. The molecule has 0 aliphatic carbocycles. The predicted molar refractivity (Wildman–Crippen MR) is 85.2 cm³/mol. The van der Waals surface area contributed by atoms with Crippen molar-refractivity contribution in [3.05, 3.63) is 35.9 Å². The zero-order valence-corrected chi connectivity index (χ0v) is 11.8. The van der Waals surface area contributed by atoms with Gasteiger partial charge in [0.2, 0.25) is 0 Å². The minimum absolute atomic E-state index is 0.817. The number of nitrogens with two attached hydrogens (primary N) is 2. The van der Waals surface area contributed by atoms with Gasteiger partial charge in [0.1, 0.15) is 0 Å². The second kappa shape index (κ2) is 6.46. The second-order valence-corrected chi connectivity index (χ2v) is 5.29. The number of rotatable bonds is 6. The van der Waals surface area contributed by atoms with Gasteiger partial charge in [0.25, 0.3) is 0 Å². The van der Waals surface area contributed by atoms with Crippen LogP contribution < -0.4 is 11.5 Å². The molecule has 0 fully saturated rings. The molecule has 0 amide bonds. The van der Waals surface area contributed by atoms with Gasteiger partial charge in [0.15, 0.2) is 0 Å². The van der Waals surface area contributed by atoms with Crippen LogP contribution in [0.2, 0.25) is 0 Å². The molecule has 102 valence electrons. The van der Waals surface area contributed by atoms with Gasteiger partial charge in [0, 0.05) is 22.1 Å². The smallest absolute Gasteiger partial charge is 0.0397 e. The summed E-state index contributed by atoms with van der Waals surface area (Å²) in [5.74, 6) is 0. The van der Waals surface area contributed by atoms with Gasteiger partial charge in [-0.3, -0.25) is 0 Å². The highest BCUT2D eigenvalue weighted by Gasteiger charge is 2.04. The van der Waals surface area contributed by atoms with Crippen molar-refractivity contribution in [3.8, 4) is 0 Å². The SMILES string of the molecule is CCCCCCCc1cc(N)c2cccc(N)c2c1. The Kier molecular flexibility index (Phi) is 4.67. The van der Waals surface area contributed by atoms with E-state index in [-0.39, 0.29) is 0 Å². The molecule has 0 heterocycles. The van der Waals surface area contributed by atoms with E-state index in [1.807, 2.05) is 18.2 Å². The summed E-state index contributed by atoms with van der Waals surface area (Å²) in [5.41, 5.74) is 15.1. The van der Waals surface area contributed by atoms with Crippen LogP contribution in [0.25, 0.3) is 10.8 Å². The number of benzene rings is 2. The number of fused-ring (bicyclic) bond motifs is 1. The highest BCUT2D eigenvalue weighted by atomic mass is 14.6. The maximum absolute atomic E-state index is 6.12. The van der Waals surface area contributed by atoms with Crippen LogP contribution in [0.3, 0.4) is 0 Å². The quantitative estimate of drug-likeness (QED) is 0.590. The lowest BCUT2D eigenvalue weighted by atomic mass is 9.99. The number of hydrogen-bond donors (Lipinski definition) is 2. The minimum atomic E-state index is 0.817. The van der Waals surface area contributed by atoms with Crippen LogP contribution in [-0.2, 0) is 6.42 Å². The Morgan fingerprint density at radius 3 is 2.42 bits per heavy atom. The van der Waals surface area contributed by atoms with Gasteiger partial charge in [0.05, 0.1) is 0 Å². The molecule has 0 saturated heterocycles. The van der Waals surface area contributed by atoms with Gasteiger partial charge >= 0.3 is 0 Å². The third-order valence-corrected chi connectivity index (χ3v) is 3.69. The van der Waals surface area contributed by atoms with E-state index in [0.717, 1.165) is 28.6 Å². The molecule has 19 heavy (non-hydrogen) atoms. The third-order valence-electron chi connectivity index (χ3n) is 3.69. The Bertz CT molecular complexity index is 546. The molecular formula is C17H24N2. The summed E-state index contributed by atoms with van der Waals surface area (Å²) in [7, 11) is 0. The Hall–Kier alpha value is -1.70. The third kappa shape index (κ3) is 3.40. The van der Waals surface area contributed by atoms with Gasteiger partial charge in [-0.2, -0.15) is 0 Å². The number of anilines is 2. The van der Waals surface area contributed by atoms with Crippen LogP contribution in [0.15, 0.2) is 30.3 Å². The monoisotopic (exact) mass is 256 g/mol. The minimum Gasteiger partial charge on any atom is -0.398 e. The lowest BCUT2D eigenvalue weighted by Gasteiger charge is -2.09. The topological polar surface area (TPSA) is 52.0 Å². The van der Waals surface area contributed by atoms with Gasteiger partial charge < -0.3 is 11.5 Å². The maximum atomic E-state index is 6.12. The van der Waals surface area contributed by atoms with Crippen LogP contribution in [0, 0.1) is 0 Å². The van der Waals surface area contributed by atoms with E-state index in [0.29, 0.717) is 0 Å². The van der Waals surface area contributed by atoms with E-state index in [9.17, 15) is 0 Å². The van der Waals surface area contributed by atoms with Crippen LogP contribution in [-0.4, -0.2) is 0 Å². The van der Waals surface area contributed by atoms with E-state index in [1.54, 1.807) is 0 Å². The predicted octanol–water partition coefficient (Wildman–Crippen LogP) is 4.52. The molecule has 0 saturated carbocycles. The van der Waals surface area contributed by atoms with Crippen molar-refractivity contribution in [1.82, 2.24) is 0 Å². The average molecular weight is 256 g/mol.